The van der Waals surface area contributed by atoms with E-state index in [1.54, 1.807) is 23.1 Å². The van der Waals surface area contributed by atoms with Gasteiger partial charge in [-0.1, -0.05) is 0 Å². The van der Waals surface area contributed by atoms with Crippen LogP contribution in [0.4, 0.5) is 0 Å². The predicted molar refractivity (Wildman–Crippen MR) is 47.0 cm³/mol. The summed E-state index contributed by atoms with van der Waals surface area (Å²) in [5, 5.41) is 4.05. The summed E-state index contributed by atoms with van der Waals surface area (Å²) in [5.74, 6) is 1.36. The monoisotopic (exact) mass is 175 g/mol. The smallest absolute Gasteiger partial charge is 0.157 e. The van der Waals surface area contributed by atoms with Gasteiger partial charge in [0, 0.05) is 24.7 Å². The van der Waals surface area contributed by atoms with Crippen LogP contribution in [-0.4, -0.2) is 19.7 Å². The van der Waals surface area contributed by atoms with Gasteiger partial charge in [0.15, 0.2) is 5.82 Å². The first-order valence-corrected chi connectivity index (χ1v) is 3.92. The van der Waals surface area contributed by atoms with Crippen molar-refractivity contribution in [1.29, 1.82) is 0 Å². The molecular formula is C8H9N5. The number of rotatable bonds is 2. The maximum Gasteiger partial charge on any atom is 0.157 e. The van der Waals surface area contributed by atoms with Crippen molar-refractivity contribution in [1.82, 2.24) is 19.7 Å². The van der Waals surface area contributed by atoms with E-state index in [2.05, 4.69) is 15.1 Å². The largest absolute Gasteiger partial charge is 0.324 e. The van der Waals surface area contributed by atoms with Crippen LogP contribution in [0.15, 0.2) is 30.7 Å². The minimum Gasteiger partial charge on any atom is -0.324 e. The molecule has 0 aliphatic rings. The molecule has 0 aromatic carbocycles. The van der Waals surface area contributed by atoms with Gasteiger partial charge in [-0.25, -0.2) is 14.6 Å². The highest BCUT2D eigenvalue weighted by molar-refractivity contribution is 5.18. The van der Waals surface area contributed by atoms with E-state index in [0.29, 0.717) is 12.4 Å². The van der Waals surface area contributed by atoms with Crippen LogP contribution in [0.1, 0.15) is 5.82 Å². The van der Waals surface area contributed by atoms with Crippen LogP contribution < -0.4 is 5.73 Å². The highest BCUT2D eigenvalue weighted by Crippen LogP contribution is 2.00. The molecule has 2 aromatic rings. The molecule has 0 bridgehead atoms. The van der Waals surface area contributed by atoms with Gasteiger partial charge in [-0.3, -0.25) is 0 Å². The summed E-state index contributed by atoms with van der Waals surface area (Å²) in [7, 11) is 0. The van der Waals surface area contributed by atoms with E-state index in [1.165, 1.54) is 0 Å². The van der Waals surface area contributed by atoms with E-state index in [9.17, 15) is 0 Å². The fraction of sp³-hybridized carbons (Fsp3) is 0.125. The maximum absolute atomic E-state index is 5.42. The summed E-state index contributed by atoms with van der Waals surface area (Å²) < 4.78 is 1.67. The third kappa shape index (κ3) is 1.54. The molecular weight excluding hydrogens is 166 g/mol. The lowest BCUT2D eigenvalue weighted by atomic mass is 10.5. The van der Waals surface area contributed by atoms with Gasteiger partial charge in [-0.15, -0.1) is 0 Å². The lowest BCUT2D eigenvalue weighted by molar-refractivity contribution is 0.807. The maximum atomic E-state index is 5.42. The molecule has 0 atom stereocenters. The van der Waals surface area contributed by atoms with Gasteiger partial charge in [-0.05, 0) is 6.07 Å². The molecule has 66 valence electrons. The number of aromatic nitrogens is 4. The number of nitrogens with two attached hydrogens (primary N) is 1. The molecule has 5 heteroatoms. The molecule has 2 heterocycles. The lowest BCUT2D eigenvalue weighted by Crippen LogP contribution is -2.06. The molecule has 13 heavy (non-hydrogen) atoms. The third-order valence-electron chi connectivity index (χ3n) is 1.61. The summed E-state index contributed by atoms with van der Waals surface area (Å²) in [6.45, 7) is 0.342. The fourth-order valence-electron chi connectivity index (χ4n) is 1.02. The zero-order valence-corrected chi connectivity index (χ0v) is 6.96. The molecule has 0 aliphatic carbocycles. The van der Waals surface area contributed by atoms with Crippen LogP contribution in [0.2, 0.25) is 0 Å². The molecule has 0 saturated heterocycles. The van der Waals surface area contributed by atoms with Crippen LogP contribution in [0.25, 0.3) is 5.82 Å². The zero-order valence-electron chi connectivity index (χ0n) is 6.96. The molecule has 0 unspecified atom stereocenters. The van der Waals surface area contributed by atoms with Gasteiger partial charge in [0.05, 0.1) is 6.54 Å². The van der Waals surface area contributed by atoms with Gasteiger partial charge in [0.25, 0.3) is 0 Å². The number of hydrogen-bond acceptors (Lipinski definition) is 4. The van der Waals surface area contributed by atoms with Crippen molar-refractivity contribution in [3.05, 3.63) is 36.5 Å². The molecule has 0 fully saturated rings. The van der Waals surface area contributed by atoms with E-state index in [1.807, 2.05) is 12.3 Å². The van der Waals surface area contributed by atoms with Gasteiger partial charge in [0.1, 0.15) is 5.82 Å². The van der Waals surface area contributed by atoms with Crippen LogP contribution in [-0.2, 0) is 6.54 Å². The van der Waals surface area contributed by atoms with E-state index < -0.39 is 0 Å². The molecule has 0 radical (unpaired) electrons. The van der Waals surface area contributed by atoms with Gasteiger partial charge < -0.3 is 5.73 Å². The Morgan fingerprint density at radius 2 is 2.31 bits per heavy atom. The van der Waals surface area contributed by atoms with Gasteiger partial charge >= 0.3 is 0 Å². The summed E-state index contributed by atoms with van der Waals surface area (Å²) in [5.41, 5.74) is 5.42. The summed E-state index contributed by atoms with van der Waals surface area (Å²) in [6.07, 6.45) is 5.19. The van der Waals surface area contributed by atoms with Gasteiger partial charge in [0.2, 0.25) is 0 Å². The number of hydrogen-bond donors (Lipinski definition) is 1. The first-order valence-electron chi connectivity index (χ1n) is 3.92. The third-order valence-corrected chi connectivity index (χ3v) is 1.61. The van der Waals surface area contributed by atoms with Gasteiger partial charge in [-0.2, -0.15) is 5.10 Å². The summed E-state index contributed by atoms with van der Waals surface area (Å²) >= 11 is 0. The Balaban J connectivity index is 2.41. The second kappa shape index (κ2) is 3.32. The minimum absolute atomic E-state index is 0.342. The van der Waals surface area contributed by atoms with Crippen molar-refractivity contribution in [3.63, 3.8) is 0 Å². The standard InChI is InChI=1S/C8H9N5/c9-6-7-10-4-2-8(12-7)13-5-1-3-11-13/h1-5H,6,9H2. The Kier molecular flexibility index (Phi) is 2.01. The van der Waals surface area contributed by atoms with Crippen LogP contribution >= 0.6 is 0 Å². The van der Waals surface area contributed by atoms with Crippen molar-refractivity contribution >= 4 is 0 Å². The van der Waals surface area contributed by atoms with E-state index in [4.69, 9.17) is 5.73 Å². The molecule has 0 amide bonds. The highest BCUT2D eigenvalue weighted by Gasteiger charge is 1.98. The fourth-order valence-corrected chi connectivity index (χ4v) is 1.02. The molecule has 0 spiro atoms. The average Bonchev–Trinajstić information content (AvgIpc) is 2.71. The second-order valence-electron chi connectivity index (χ2n) is 2.49. The molecule has 2 aromatic heterocycles. The first kappa shape index (κ1) is 7.88. The summed E-state index contributed by atoms with van der Waals surface area (Å²) in [6, 6.07) is 3.62. The Bertz CT molecular complexity index is 381. The predicted octanol–water partition coefficient (Wildman–Crippen LogP) is 0.121. The van der Waals surface area contributed by atoms with E-state index >= 15 is 0 Å². The van der Waals surface area contributed by atoms with E-state index in [0.717, 1.165) is 5.82 Å². The van der Waals surface area contributed by atoms with E-state index in [-0.39, 0.29) is 0 Å². The topological polar surface area (TPSA) is 69.6 Å². The molecule has 2 rings (SSSR count). The molecule has 2 N–H and O–H groups in total. The molecule has 5 nitrogen and oxygen atoms in total. The Morgan fingerprint density at radius 3 is 3.00 bits per heavy atom. The normalized spacial score (nSPS) is 10.2. The quantitative estimate of drug-likeness (QED) is 0.703. The zero-order chi connectivity index (χ0) is 9.10. The van der Waals surface area contributed by atoms with Crippen LogP contribution in [0.3, 0.4) is 0 Å². The molecule has 0 saturated carbocycles. The Labute approximate surface area is 75.2 Å². The average molecular weight is 175 g/mol. The Morgan fingerprint density at radius 1 is 1.38 bits per heavy atom. The minimum atomic E-state index is 0.342. The van der Waals surface area contributed by atoms with Crippen molar-refractivity contribution in [3.8, 4) is 5.82 Å². The van der Waals surface area contributed by atoms with Crippen molar-refractivity contribution in [2.24, 2.45) is 5.73 Å². The summed E-state index contributed by atoms with van der Waals surface area (Å²) in [4.78, 5) is 8.19. The van der Waals surface area contributed by atoms with Crippen LogP contribution in [0, 0.1) is 0 Å². The second-order valence-corrected chi connectivity index (χ2v) is 2.49. The highest BCUT2D eigenvalue weighted by atomic mass is 15.3. The van der Waals surface area contributed by atoms with Crippen molar-refractivity contribution in [2.45, 2.75) is 6.54 Å². The van der Waals surface area contributed by atoms with Crippen molar-refractivity contribution in [2.75, 3.05) is 0 Å². The van der Waals surface area contributed by atoms with Crippen molar-refractivity contribution < 1.29 is 0 Å². The molecule has 0 aliphatic heterocycles. The SMILES string of the molecule is NCc1nccc(-n2cccn2)n1. The Hall–Kier alpha value is -1.75. The first-order chi connectivity index (χ1) is 6.40. The van der Waals surface area contributed by atoms with Crippen LogP contribution in [0.5, 0.6) is 0 Å². The number of nitrogens with zero attached hydrogens (tertiary/aromatic N) is 4. The lowest BCUT2D eigenvalue weighted by Gasteiger charge is -2.00.